The Morgan fingerprint density at radius 1 is 1.29 bits per heavy atom. The molecule has 0 heterocycles. The molecule has 0 aromatic heterocycles. The predicted molar refractivity (Wildman–Crippen MR) is 64.0 cm³/mol. The van der Waals surface area contributed by atoms with E-state index >= 15 is 0 Å². The number of hydrogen-bond acceptors (Lipinski definition) is 4. The molecule has 17 heavy (non-hydrogen) atoms. The second-order valence-electron chi connectivity index (χ2n) is 3.34. The van der Waals surface area contributed by atoms with Crippen LogP contribution in [0.3, 0.4) is 0 Å². The van der Waals surface area contributed by atoms with Gasteiger partial charge in [-0.2, -0.15) is 0 Å². The highest BCUT2D eigenvalue weighted by molar-refractivity contribution is 7.91. The van der Waals surface area contributed by atoms with Gasteiger partial charge in [0.15, 0.2) is 9.84 Å². The third-order valence-electron chi connectivity index (χ3n) is 2.00. The number of carbonyl (C=O) groups is 1. The quantitative estimate of drug-likeness (QED) is 0.751. The molecule has 1 aromatic carbocycles. The van der Waals surface area contributed by atoms with E-state index in [4.69, 9.17) is 16.7 Å². The molecule has 0 aliphatic carbocycles. The molecule has 0 spiro atoms. The first-order valence-electron chi connectivity index (χ1n) is 4.82. The number of benzene rings is 1. The number of aliphatic carboxylic acids is 1. The lowest BCUT2D eigenvalue weighted by atomic mass is 10.4. The van der Waals surface area contributed by atoms with Gasteiger partial charge >= 0.3 is 5.97 Å². The highest BCUT2D eigenvalue weighted by Gasteiger charge is 2.13. The summed E-state index contributed by atoms with van der Waals surface area (Å²) in [6, 6.07) is 5.85. The lowest BCUT2D eigenvalue weighted by molar-refractivity contribution is -0.135. The maximum atomic E-state index is 11.8. The van der Waals surface area contributed by atoms with Crippen molar-refractivity contribution in [3.63, 3.8) is 0 Å². The van der Waals surface area contributed by atoms with Crippen LogP contribution in [0, 0.1) is 0 Å². The Bertz CT molecular complexity index is 484. The minimum absolute atomic E-state index is 0.0945. The Labute approximate surface area is 104 Å². The summed E-state index contributed by atoms with van der Waals surface area (Å²) >= 11 is 5.65. The number of nitrogens with one attached hydrogen (secondary N) is 1. The average molecular weight is 278 g/mol. The third-order valence-corrected chi connectivity index (χ3v) is 3.98. The van der Waals surface area contributed by atoms with Gasteiger partial charge < -0.3 is 10.4 Å². The fourth-order valence-electron chi connectivity index (χ4n) is 1.16. The lowest BCUT2D eigenvalue weighted by Crippen LogP contribution is -2.28. The number of carboxylic acid groups (broad SMARTS) is 1. The van der Waals surface area contributed by atoms with Crippen molar-refractivity contribution in [3.8, 4) is 0 Å². The fourth-order valence-corrected chi connectivity index (χ4v) is 2.49. The zero-order chi connectivity index (χ0) is 12.9. The van der Waals surface area contributed by atoms with E-state index in [0.29, 0.717) is 5.02 Å². The monoisotopic (exact) mass is 277 g/mol. The zero-order valence-corrected chi connectivity index (χ0v) is 10.5. The predicted octanol–water partition coefficient (Wildman–Crippen LogP) is 0.788. The molecule has 0 aliphatic rings. The molecule has 0 bridgehead atoms. The fraction of sp³-hybridized carbons (Fsp3) is 0.300. The summed E-state index contributed by atoms with van der Waals surface area (Å²) in [6.45, 7) is -0.159. The standard InChI is InChI=1S/C10H12ClNO4S/c11-8-1-3-9(4-2-8)17(15,16)6-5-12-7-10(13)14/h1-4,12H,5-7H2,(H,13,14). The smallest absolute Gasteiger partial charge is 0.317 e. The second kappa shape index (κ2) is 6.00. The van der Waals surface area contributed by atoms with Gasteiger partial charge in [0.1, 0.15) is 0 Å². The van der Waals surface area contributed by atoms with Crippen LogP contribution in [0.25, 0.3) is 0 Å². The van der Waals surface area contributed by atoms with E-state index in [1.807, 2.05) is 0 Å². The highest BCUT2D eigenvalue weighted by atomic mass is 35.5. The van der Waals surface area contributed by atoms with E-state index in [2.05, 4.69) is 5.32 Å². The van der Waals surface area contributed by atoms with Crippen LogP contribution < -0.4 is 5.32 Å². The molecule has 5 nitrogen and oxygen atoms in total. The molecule has 1 aromatic rings. The molecule has 1 rings (SSSR count). The molecular weight excluding hydrogens is 266 g/mol. The summed E-state index contributed by atoms with van der Waals surface area (Å²) in [5.41, 5.74) is 0. The summed E-state index contributed by atoms with van der Waals surface area (Å²) in [4.78, 5) is 10.4. The summed E-state index contributed by atoms with van der Waals surface area (Å²) in [7, 11) is -3.39. The Balaban J connectivity index is 2.57. The number of carboxylic acids is 1. The molecule has 7 heteroatoms. The van der Waals surface area contributed by atoms with Crippen molar-refractivity contribution in [1.29, 1.82) is 0 Å². The van der Waals surface area contributed by atoms with Gasteiger partial charge in [-0.05, 0) is 24.3 Å². The van der Waals surface area contributed by atoms with Crippen molar-refractivity contribution < 1.29 is 18.3 Å². The number of rotatable bonds is 6. The van der Waals surface area contributed by atoms with Crippen LogP contribution in [0.4, 0.5) is 0 Å². The molecule has 0 radical (unpaired) electrons. The third kappa shape index (κ3) is 4.72. The van der Waals surface area contributed by atoms with Gasteiger partial charge in [0.2, 0.25) is 0 Å². The highest BCUT2D eigenvalue weighted by Crippen LogP contribution is 2.14. The first-order chi connectivity index (χ1) is 7.92. The summed E-state index contributed by atoms with van der Waals surface area (Å²) in [5.74, 6) is -1.17. The van der Waals surface area contributed by atoms with Crippen molar-refractivity contribution in [1.82, 2.24) is 5.32 Å². The molecule has 0 aliphatic heterocycles. The molecule has 0 saturated carbocycles. The second-order valence-corrected chi connectivity index (χ2v) is 5.89. The van der Waals surface area contributed by atoms with Crippen LogP contribution in [0.5, 0.6) is 0 Å². The maximum Gasteiger partial charge on any atom is 0.317 e. The van der Waals surface area contributed by atoms with Gasteiger partial charge in [-0.1, -0.05) is 11.6 Å². The van der Waals surface area contributed by atoms with Gasteiger partial charge in [0.25, 0.3) is 0 Å². The lowest BCUT2D eigenvalue weighted by Gasteiger charge is -2.04. The first kappa shape index (κ1) is 14.0. The van der Waals surface area contributed by atoms with Crippen molar-refractivity contribution in [2.24, 2.45) is 0 Å². The van der Waals surface area contributed by atoms with E-state index in [1.54, 1.807) is 0 Å². The van der Waals surface area contributed by atoms with Crippen LogP contribution in [-0.2, 0) is 14.6 Å². The van der Waals surface area contributed by atoms with Crippen LogP contribution in [0.1, 0.15) is 0 Å². The molecule has 2 N–H and O–H groups in total. The van der Waals surface area contributed by atoms with Gasteiger partial charge in [0, 0.05) is 11.6 Å². The Morgan fingerprint density at radius 2 is 1.88 bits per heavy atom. The summed E-state index contributed by atoms with van der Waals surface area (Å²) < 4.78 is 23.5. The molecule has 0 fully saturated rings. The van der Waals surface area contributed by atoms with Gasteiger partial charge in [0.05, 0.1) is 17.2 Å². The summed E-state index contributed by atoms with van der Waals surface area (Å²) in [6.07, 6.45) is 0. The Hall–Kier alpha value is -1.11. The minimum atomic E-state index is -3.39. The van der Waals surface area contributed by atoms with E-state index in [0.717, 1.165) is 0 Å². The largest absolute Gasteiger partial charge is 0.480 e. The summed E-state index contributed by atoms with van der Waals surface area (Å²) in [5, 5.41) is 11.3. The zero-order valence-electron chi connectivity index (χ0n) is 8.89. The Morgan fingerprint density at radius 3 is 2.41 bits per heavy atom. The number of sulfone groups is 1. The van der Waals surface area contributed by atoms with Crippen molar-refractivity contribution in [3.05, 3.63) is 29.3 Å². The number of hydrogen-bond donors (Lipinski definition) is 2. The first-order valence-corrected chi connectivity index (χ1v) is 6.86. The molecule has 0 atom stereocenters. The van der Waals surface area contributed by atoms with Crippen molar-refractivity contribution in [2.45, 2.75) is 4.90 Å². The van der Waals surface area contributed by atoms with Crippen LogP contribution in [0.2, 0.25) is 5.02 Å². The van der Waals surface area contributed by atoms with Crippen LogP contribution in [0.15, 0.2) is 29.2 Å². The van der Waals surface area contributed by atoms with E-state index in [-0.39, 0.29) is 23.7 Å². The molecular formula is C10H12ClNO4S. The Kier molecular flexibility index (Phi) is 4.92. The number of halogens is 1. The topological polar surface area (TPSA) is 83.5 Å². The van der Waals surface area contributed by atoms with Gasteiger partial charge in [-0.15, -0.1) is 0 Å². The van der Waals surface area contributed by atoms with E-state index < -0.39 is 15.8 Å². The van der Waals surface area contributed by atoms with Gasteiger partial charge in [-0.3, -0.25) is 4.79 Å². The minimum Gasteiger partial charge on any atom is -0.480 e. The van der Waals surface area contributed by atoms with Gasteiger partial charge in [-0.25, -0.2) is 8.42 Å². The normalized spacial score (nSPS) is 11.4. The van der Waals surface area contributed by atoms with Crippen molar-refractivity contribution in [2.75, 3.05) is 18.8 Å². The van der Waals surface area contributed by atoms with E-state index in [9.17, 15) is 13.2 Å². The molecule has 0 amide bonds. The van der Waals surface area contributed by atoms with Crippen LogP contribution in [-0.4, -0.2) is 38.3 Å². The molecule has 0 saturated heterocycles. The molecule has 0 unspecified atom stereocenters. The van der Waals surface area contributed by atoms with Crippen molar-refractivity contribution >= 4 is 27.4 Å². The maximum absolute atomic E-state index is 11.8. The van der Waals surface area contributed by atoms with Crippen LogP contribution >= 0.6 is 11.6 Å². The van der Waals surface area contributed by atoms with E-state index in [1.165, 1.54) is 24.3 Å². The SMILES string of the molecule is O=C(O)CNCCS(=O)(=O)c1ccc(Cl)cc1. The average Bonchev–Trinajstić information content (AvgIpc) is 2.25. The molecule has 94 valence electrons.